The van der Waals surface area contributed by atoms with Crippen molar-refractivity contribution >= 4 is 0 Å². The van der Waals surface area contributed by atoms with E-state index in [-0.39, 0.29) is 0 Å². The van der Waals surface area contributed by atoms with Crippen molar-refractivity contribution in [3.8, 4) is 24.8 Å². The molecule has 0 amide bonds. The summed E-state index contributed by atoms with van der Waals surface area (Å²) in [6, 6.07) is 0. The van der Waals surface area contributed by atoms with Crippen molar-refractivity contribution in [1.82, 2.24) is 0 Å². The molecule has 0 fully saturated rings. The molecule has 0 aliphatic heterocycles. The van der Waals surface area contributed by atoms with Crippen molar-refractivity contribution in [2.24, 2.45) is 4.19 Å². The Morgan fingerprint density at radius 3 is 1.00 bits per heavy atom. The molecule has 0 spiro atoms. The van der Waals surface area contributed by atoms with Gasteiger partial charge in [-0.1, -0.05) is 0 Å². The van der Waals surface area contributed by atoms with Crippen LogP contribution in [0.5, 0.6) is 0 Å². The van der Waals surface area contributed by atoms with Crippen LogP contribution in [0.15, 0.2) is 4.19 Å². The Bertz CT molecular complexity index is 393. The Hall–Kier alpha value is -2.43. The van der Waals surface area contributed by atoms with E-state index in [1.54, 1.807) is 0 Å². The Labute approximate surface area is 71.7 Å². The second-order valence-electron chi connectivity index (χ2n) is 1.74. The first-order chi connectivity index (χ1) is 5.97. The van der Waals surface area contributed by atoms with E-state index < -0.39 is 11.0 Å². The van der Waals surface area contributed by atoms with Gasteiger partial charge in [0.15, 0.2) is 0 Å². The summed E-state index contributed by atoms with van der Waals surface area (Å²) in [5, 5.41) is 42.5. The maximum absolute atomic E-state index is 10.3. The number of rotatable bonds is 1. The van der Waals surface area contributed by atoms with Crippen LogP contribution in [-0.2, 0) is 11.0 Å². The molecule has 0 atom stereocenters. The molecule has 0 aliphatic rings. The Kier molecular flexibility index (Phi) is 1.66. The first kappa shape index (κ1) is 10.6. The van der Waals surface area contributed by atoms with Gasteiger partial charge in [-0.2, -0.15) is 0 Å². The fourth-order valence-corrected chi connectivity index (χ4v) is 1.03. The molecule has 0 aromatic rings. The fraction of sp³-hybridized carbons (Fsp3) is 0. The summed E-state index contributed by atoms with van der Waals surface area (Å²) in [6.07, 6.45) is 0. The average molecular weight is 216 g/mol. The summed E-state index contributed by atoms with van der Waals surface area (Å²) in [7, 11) is -6.40. The SMILES string of the molecule is N#[C][Fe]([C]#N)([C]#N)([C]#N)([C]#N)[N]=O. The van der Waals surface area contributed by atoms with Crippen LogP contribution >= 0.6 is 0 Å². The van der Waals surface area contributed by atoms with Crippen molar-refractivity contribution in [2.45, 2.75) is 0 Å². The first-order valence-corrected chi connectivity index (χ1v) is 5.60. The van der Waals surface area contributed by atoms with Crippen LogP contribution < -0.4 is 0 Å². The predicted molar refractivity (Wildman–Crippen MR) is 33.9 cm³/mol. The van der Waals surface area contributed by atoms with E-state index in [0.29, 0.717) is 0 Å². The molecule has 0 aliphatic carbocycles. The zero-order valence-electron chi connectivity index (χ0n) is 5.95. The Balaban J connectivity index is 6.85. The molecule has 0 N–H and O–H groups in total. The third-order valence-corrected chi connectivity index (χ3v) is 4.65. The number of nitroso groups, excluding NO2 is 1. The summed E-state index contributed by atoms with van der Waals surface area (Å²) in [4.78, 5) is 14.9. The van der Waals surface area contributed by atoms with Crippen LogP contribution in [0.25, 0.3) is 0 Å². The third kappa shape index (κ3) is 0.721. The van der Waals surface area contributed by atoms with Crippen molar-refractivity contribution < 1.29 is 11.0 Å². The predicted octanol–water partition coefficient (Wildman–Crippen LogP) is 0.298. The molecule has 0 aromatic heterocycles. The van der Waals surface area contributed by atoms with E-state index in [1.165, 1.54) is 0 Å². The van der Waals surface area contributed by atoms with Crippen molar-refractivity contribution in [3.63, 3.8) is 0 Å². The van der Waals surface area contributed by atoms with Gasteiger partial charge < -0.3 is 0 Å². The summed E-state index contributed by atoms with van der Waals surface area (Å²) >= 11 is 0. The molecule has 0 rings (SSSR count). The minimum absolute atomic E-state index is 0.913. The molecule has 0 saturated carbocycles. The van der Waals surface area contributed by atoms with E-state index in [0.717, 1.165) is 24.8 Å². The maximum atomic E-state index is 10.3. The van der Waals surface area contributed by atoms with Crippen LogP contribution in [0.2, 0.25) is 0 Å². The molecule has 7 nitrogen and oxygen atoms in total. The summed E-state index contributed by atoms with van der Waals surface area (Å²) in [5.41, 5.74) is 0. The third-order valence-electron chi connectivity index (χ3n) is 1.13. The van der Waals surface area contributed by atoms with Crippen LogP contribution in [0.1, 0.15) is 0 Å². The van der Waals surface area contributed by atoms with Crippen molar-refractivity contribution in [1.29, 1.82) is 26.3 Å². The van der Waals surface area contributed by atoms with Gasteiger partial charge in [0, 0.05) is 0 Å². The topological polar surface area (TPSA) is 148 Å². The molecule has 0 bridgehead atoms. The van der Waals surface area contributed by atoms with Gasteiger partial charge in [0.25, 0.3) is 0 Å². The molecule has 0 unspecified atom stereocenters. The minimum atomic E-state index is -6.40. The van der Waals surface area contributed by atoms with Gasteiger partial charge in [-0.15, -0.1) is 0 Å². The molecule has 64 valence electrons. The molecule has 13 heavy (non-hydrogen) atoms. The van der Waals surface area contributed by atoms with Gasteiger partial charge in [0.2, 0.25) is 0 Å². The van der Waals surface area contributed by atoms with Crippen molar-refractivity contribution in [3.05, 3.63) is 4.91 Å². The average Bonchev–Trinajstić information content (AvgIpc) is 2.26. The normalized spacial score (nSPS) is 13.8. The fourth-order valence-electron chi connectivity index (χ4n) is 0.249. The van der Waals surface area contributed by atoms with Crippen LogP contribution in [0.3, 0.4) is 0 Å². The Morgan fingerprint density at radius 2 is 1.00 bits per heavy atom. The van der Waals surface area contributed by atoms with Crippen LogP contribution in [-0.4, -0.2) is 0 Å². The molecule has 0 aromatic carbocycles. The quantitative estimate of drug-likeness (QED) is 0.454. The summed E-state index contributed by atoms with van der Waals surface area (Å²) < 4.78 is 1.97. The van der Waals surface area contributed by atoms with E-state index in [4.69, 9.17) is 26.3 Å². The molecule has 0 saturated heterocycles. The Morgan fingerprint density at radius 1 is 0.769 bits per heavy atom. The number of hydrogen-bond donors (Lipinski definition) is 0. The van der Waals surface area contributed by atoms with Crippen LogP contribution in [0.4, 0.5) is 0 Å². The molecule has 0 heterocycles. The van der Waals surface area contributed by atoms with Gasteiger partial charge >= 0.3 is 71.2 Å². The van der Waals surface area contributed by atoms with E-state index in [1.807, 2.05) is 4.19 Å². The molecular formula is C5FeN6O. The van der Waals surface area contributed by atoms with Gasteiger partial charge in [0.05, 0.1) is 0 Å². The second kappa shape index (κ2) is 2.04. The standard InChI is InChI=1S/5CN.Fe.NO/c5*1-2;;1-2/q;;;;;+1;-1. The second-order valence-corrected chi connectivity index (χ2v) is 7.17. The van der Waals surface area contributed by atoms with Crippen LogP contribution in [0, 0.1) is 56.1 Å². The zero-order chi connectivity index (χ0) is 10.7. The first-order valence-electron chi connectivity index (χ1n) is 2.34. The molecular weight excluding hydrogens is 216 g/mol. The summed E-state index contributed by atoms with van der Waals surface area (Å²) in [6.45, 7) is 0. The molecule has 0 radical (unpaired) electrons. The number of nitrogens with zero attached hydrogens (tertiary/aromatic N) is 6. The monoisotopic (exact) mass is 216 g/mol. The number of nitriles is 5. The van der Waals surface area contributed by atoms with Gasteiger partial charge in [-0.25, -0.2) is 0 Å². The van der Waals surface area contributed by atoms with Gasteiger partial charge in [0.1, 0.15) is 0 Å². The van der Waals surface area contributed by atoms with Gasteiger partial charge in [-0.3, -0.25) is 0 Å². The molecule has 8 heteroatoms. The van der Waals surface area contributed by atoms with Crippen molar-refractivity contribution in [2.75, 3.05) is 0 Å². The zero-order valence-corrected chi connectivity index (χ0v) is 7.05. The van der Waals surface area contributed by atoms with E-state index in [2.05, 4.69) is 0 Å². The van der Waals surface area contributed by atoms with Gasteiger partial charge in [-0.05, 0) is 0 Å². The van der Waals surface area contributed by atoms with E-state index in [9.17, 15) is 4.91 Å². The summed E-state index contributed by atoms with van der Waals surface area (Å²) in [5.74, 6) is 0. The van der Waals surface area contributed by atoms with E-state index >= 15 is 0 Å². The number of hydrogen-bond acceptors (Lipinski definition) is 7.